The van der Waals surface area contributed by atoms with Gasteiger partial charge in [0.25, 0.3) is 5.91 Å². The average molecular weight is 435 g/mol. The number of hydrogen-bond acceptors (Lipinski definition) is 6. The number of aromatic nitrogens is 4. The Kier molecular flexibility index (Phi) is 6.68. The number of nitrogens with one attached hydrogen (secondary N) is 2. The Balaban J connectivity index is 1.57. The number of amides is 1. The van der Waals surface area contributed by atoms with Crippen molar-refractivity contribution in [3.05, 3.63) is 47.8 Å². The first-order chi connectivity index (χ1) is 15.5. The number of hydrogen-bond donors (Lipinski definition) is 2. The monoisotopic (exact) mass is 434 g/mol. The van der Waals surface area contributed by atoms with Crippen molar-refractivity contribution in [3.8, 4) is 17.0 Å². The highest BCUT2D eigenvalue weighted by Gasteiger charge is 2.19. The number of carbonyl (C=O) groups excluding carboxylic acids is 1. The van der Waals surface area contributed by atoms with Crippen LogP contribution >= 0.6 is 0 Å². The van der Waals surface area contributed by atoms with Crippen molar-refractivity contribution in [3.63, 3.8) is 0 Å². The summed E-state index contributed by atoms with van der Waals surface area (Å²) in [4.78, 5) is 24.6. The standard InChI is InChI=1S/C24H30N6O2/c1-16(2)18-14-20(26-24(25-18)30-12-8-4-5-9-13-30)23(31)27-22-15-19(28-29-22)17-10-6-7-11-21(17)32-3/h6-7,10-11,14-16H,4-5,8-9,12-13H2,1-3H3,(H2,27,28,29,31). The minimum Gasteiger partial charge on any atom is -0.496 e. The molecule has 0 spiro atoms. The van der Waals surface area contributed by atoms with Crippen LogP contribution in [-0.4, -0.2) is 46.3 Å². The molecule has 168 valence electrons. The minimum absolute atomic E-state index is 0.192. The van der Waals surface area contributed by atoms with Crippen molar-refractivity contribution < 1.29 is 9.53 Å². The van der Waals surface area contributed by atoms with Gasteiger partial charge in [0.05, 0.1) is 12.8 Å². The third-order valence-corrected chi connectivity index (χ3v) is 5.66. The van der Waals surface area contributed by atoms with Crippen LogP contribution < -0.4 is 15.0 Å². The van der Waals surface area contributed by atoms with Gasteiger partial charge in [0.2, 0.25) is 5.95 Å². The molecule has 1 amide bonds. The lowest BCUT2D eigenvalue weighted by Crippen LogP contribution is -2.28. The maximum Gasteiger partial charge on any atom is 0.275 e. The zero-order valence-corrected chi connectivity index (χ0v) is 18.9. The van der Waals surface area contributed by atoms with Gasteiger partial charge in [0.15, 0.2) is 5.82 Å². The van der Waals surface area contributed by atoms with E-state index < -0.39 is 0 Å². The Bertz CT molecular complexity index is 1070. The predicted octanol–water partition coefficient (Wildman–Crippen LogP) is 4.63. The fraction of sp³-hybridized carbons (Fsp3) is 0.417. The number of carbonyl (C=O) groups is 1. The molecule has 0 saturated carbocycles. The molecule has 2 aromatic heterocycles. The van der Waals surface area contributed by atoms with Gasteiger partial charge in [-0.25, -0.2) is 9.97 Å². The van der Waals surface area contributed by atoms with E-state index >= 15 is 0 Å². The van der Waals surface area contributed by atoms with Crippen molar-refractivity contribution in [1.82, 2.24) is 20.2 Å². The number of aromatic amines is 1. The predicted molar refractivity (Wildman–Crippen MR) is 125 cm³/mol. The topological polar surface area (TPSA) is 96.0 Å². The number of para-hydroxylation sites is 1. The van der Waals surface area contributed by atoms with Gasteiger partial charge < -0.3 is 15.0 Å². The van der Waals surface area contributed by atoms with E-state index in [1.54, 1.807) is 19.2 Å². The molecule has 0 unspecified atom stereocenters. The first kappa shape index (κ1) is 21.8. The highest BCUT2D eigenvalue weighted by molar-refractivity contribution is 6.02. The molecule has 0 atom stereocenters. The second kappa shape index (κ2) is 9.80. The molecule has 3 aromatic rings. The number of benzene rings is 1. The van der Waals surface area contributed by atoms with Crippen LogP contribution in [0.1, 0.15) is 61.6 Å². The largest absolute Gasteiger partial charge is 0.496 e. The van der Waals surface area contributed by atoms with Crippen LogP contribution in [0.15, 0.2) is 36.4 Å². The highest BCUT2D eigenvalue weighted by Crippen LogP contribution is 2.29. The van der Waals surface area contributed by atoms with Crippen LogP contribution in [0.25, 0.3) is 11.3 Å². The molecule has 2 N–H and O–H groups in total. The fourth-order valence-corrected chi connectivity index (χ4v) is 3.85. The fourth-order valence-electron chi connectivity index (χ4n) is 3.85. The van der Waals surface area contributed by atoms with E-state index in [4.69, 9.17) is 9.72 Å². The van der Waals surface area contributed by atoms with Crippen molar-refractivity contribution in [2.24, 2.45) is 0 Å². The lowest BCUT2D eigenvalue weighted by atomic mass is 10.1. The number of ether oxygens (including phenoxy) is 1. The zero-order valence-electron chi connectivity index (χ0n) is 18.9. The van der Waals surface area contributed by atoms with Crippen LogP contribution in [0.5, 0.6) is 5.75 Å². The smallest absolute Gasteiger partial charge is 0.275 e. The molecular weight excluding hydrogens is 404 g/mol. The maximum absolute atomic E-state index is 13.1. The minimum atomic E-state index is -0.302. The third-order valence-electron chi connectivity index (χ3n) is 5.66. The quantitative estimate of drug-likeness (QED) is 0.587. The van der Waals surface area contributed by atoms with E-state index in [2.05, 4.69) is 39.2 Å². The molecule has 4 rings (SSSR count). The molecule has 1 saturated heterocycles. The summed E-state index contributed by atoms with van der Waals surface area (Å²) in [5.74, 6) is 1.69. The summed E-state index contributed by atoms with van der Waals surface area (Å²) in [5, 5.41) is 10.1. The number of nitrogens with zero attached hydrogens (tertiary/aromatic N) is 4. The summed E-state index contributed by atoms with van der Waals surface area (Å²) in [6.07, 6.45) is 4.69. The van der Waals surface area contributed by atoms with Crippen LogP contribution in [-0.2, 0) is 0 Å². The highest BCUT2D eigenvalue weighted by atomic mass is 16.5. The molecule has 1 aliphatic rings. The normalized spacial score (nSPS) is 14.3. The van der Waals surface area contributed by atoms with Gasteiger partial charge in [-0.1, -0.05) is 38.8 Å². The van der Waals surface area contributed by atoms with Gasteiger partial charge in [-0.15, -0.1) is 0 Å². The van der Waals surface area contributed by atoms with Crippen LogP contribution in [0.2, 0.25) is 0 Å². The van der Waals surface area contributed by atoms with Gasteiger partial charge in [-0.2, -0.15) is 5.10 Å². The van der Waals surface area contributed by atoms with E-state index in [9.17, 15) is 4.79 Å². The van der Waals surface area contributed by atoms with Gasteiger partial charge >= 0.3 is 0 Å². The molecule has 1 aliphatic heterocycles. The SMILES string of the molecule is COc1ccccc1-c1cc(NC(=O)c2cc(C(C)C)nc(N3CCCCCC3)n2)n[nH]1. The second-order valence-electron chi connectivity index (χ2n) is 8.36. The van der Waals surface area contributed by atoms with Gasteiger partial charge in [0.1, 0.15) is 11.4 Å². The van der Waals surface area contributed by atoms with Crippen molar-refractivity contribution >= 4 is 17.7 Å². The number of methoxy groups -OCH3 is 1. The Hall–Kier alpha value is -3.42. The first-order valence-electron chi connectivity index (χ1n) is 11.2. The molecule has 1 aromatic carbocycles. The number of rotatable bonds is 6. The van der Waals surface area contributed by atoms with Crippen molar-refractivity contribution in [1.29, 1.82) is 0 Å². The molecule has 8 heteroatoms. The van der Waals surface area contributed by atoms with Crippen molar-refractivity contribution in [2.75, 3.05) is 30.4 Å². The summed E-state index contributed by atoms with van der Waals surface area (Å²) < 4.78 is 5.42. The maximum atomic E-state index is 13.1. The lowest BCUT2D eigenvalue weighted by Gasteiger charge is -2.22. The number of anilines is 2. The number of H-pyrrole nitrogens is 1. The third kappa shape index (κ3) is 4.90. The van der Waals surface area contributed by atoms with Gasteiger partial charge in [-0.05, 0) is 37.0 Å². The molecule has 3 heterocycles. The van der Waals surface area contributed by atoms with Gasteiger partial charge in [0, 0.05) is 30.4 Å². The molecule has 32 heavy (non-hydrogen) atoms. The lowest BCUT2D eigenvalue weighted by molar-refractivity contribution is 0.102. The van der Waals surface area contributed by atoms with E-state index in [1.165, 1.54) is 12.8 Å². The second-order valence-corrected chi connectivity index (χ2v) is 8.36. The molecule has 0 bridgehead atoms. The van der Waals surface area contributed by atoms with Gasteiger partial charge in [-0.3, -0.25) is 9.89 Å². The van der Waals surface area contributed by atoms with Crippen LogP contribution in [0.4, 0.5) is 11.8 Å². The molecule has 8 nitrogen and oxygen atoms in total. The molecular formula is C24H30N6O2. The Morgan fingerprint density at radius 2 is 1.84 bits per heavy atom. The molecule has 0 aliphatic carbocycles. The summed E-state index contributed by atoms with van der Waals surface area (Å²) in [7, 11) is 1.63. The van der Waals surface area contributed by atoms with E-state index in [0.29, 0.717) is 17.5 Å². The van der Waals surface area contributed by atoms with Crippen LogP contribution in [0.3, 0.4) is 0 Å². The summed E-state index contributed by atoms with van der Waals surface area (Å²) in [6.45, 7) is 5.99. The van der Waals surface area contributed by atoms with E-state index in [-0.39, 0.29) is 11.8 Å². The zero-order chi connectivity index (χ0) is 22.5. The Morgan fingerprint density at radius 1 is 1.09 bits per heavy atom. The Morgan fingerprint density at radius 3 is 2.56 bits per heavy atom. The van der Waals surface area contributed by atoms with Crippen LogP contribution in [0, 0.1) is 0 Å². The summed E-state index contributed by atoms with van der Waals surface area (Å²) >= 11 is 0. The summed E-state index contributed by atoms with van der Waals surface area (Å²) in [5.41, 5.74) is 2.84. The first-order valence-corrected chi connectivity index (χ1v) is 11.2. The van der Waals surface area contributed by atoms with E-state index in [1.807, 2.05) is 24.3 Å². The summed E-state index contributed by atoms with van der Waals surface area (Å²) in [6, 6.07) is 11.2. The molecule has 1 fully saturated rings. The average Bonchev–Trinajstić information content (AvgIpc) is 3.10. The van der Waals surface area contributed by atoms with E-state index in [0.717, 1.165) is 48.6 Å². The molecule has 0 radical (unpaired) electrons. The van der Waals surface area contributed by atoms with Crippen molar-refractivity contribution in [2.45, 2.75) is 45.4 Å². The Labute approximate surface area is 188 Å².